The van der Waals surface area contributed by atoms with Crippen LogP contribution in [-0.4, -0.2) is 170 Å². The van der Waals surface area contributed by atoms with Gasteiger partial charge >= 0.3 is 0 Å². The van der Waals surface area contributed by atoms with Gasteiger partial charge in [-0.3, -0.25) is 38.4 Å². The molecule has 0 aliphatic rings. The molecule has 0 aliphatic carbocycles. The van der Waals surface area contributed by atoms with Crippen molar-refractivity contribution < 1.29 is 62.4 Å². The van der Waals surface area contributed by atoms with Crippen LogP contribution in [0.2, 0.25) is 0 Å². The predicted octanol–water partition coefficient (Wildman–Crippen LogP) is -1.11. The lowest BCUT2D eigenvalue weighted by atomic mass is 10.1. The SMILES string of the molecule is CN[C@@H](CCCCNC(=O)COCCOCCNC(=O)COCCOCCNC(=O)CCCC(=O)N[C@@H](CCCCNC(=O)CCc1ccc(O)c([125I])c1)C(=O)NCCCC[C@H](NC)C(N)=O)C(N)=O. The van der Waals surface area contributed by atoms with Crippen LogP contribution in [-0.2, 0) is 63.7 Å². The Morgan fingerprint density at radius 2 is 0.971 bits per heavy atom. The van der Waals surface area contributed by atoms with E-state index in [0.717, 1.165) is 12.0 Å². The number of aromatic hydroxyl groups is 1. The smallest absolute Gasteiger partial charge is 0.246 e. The fourth-order valence-corrected chi connectivity index (χ4v) is 7.13. The van der Waals surface area contributed by atoms with Crippen molar-refractivity contribution in [1.29, 1.82) is 0 Å². The third kappa shape index (κ3) is 33.7. The molecular weight excluding hydrogens is 1030 g/mol. The maximum atomic E-state index is 13.1. The van der Waals surface area contributed by atoms with Crippen LogP contribution in [0, 0.1) is 3.57 Å². The minimum Gasteiger partial charge on any atom is -0.507 e. The summed E-state index contributed by atoms with van der Waals surface area (Å²) in [7, 11) is 3.33. The fourth-order valence-electron chi connectivity index (χ4n) is 6.55. The number of likely N-dealkylation sites (N-methyl/N-ethyl adjacent to an activating group) is 2. The number of aryl methyl sites for hydroxylation is 1. The Morgan fingerprint density at radius 1 is 0.529 bits per heavy atom. The first-order valence-electron chi connectivity index (χ1n) is 24.0. The van der Waals surface area contributed by atoms with E-state index in [4.69, 9.17) is 30.4 Å². The van der Waals surface area contributed by atoms with Crippen molar-refractivity contribution in [3.8, 4) is 5.75 Å². The van der Waals surface area contributed by atoms with Gasteiger partial charge in [0.1, 0.15) is 25.0 Å². The van der Waals surface area contributed by atoms with Gasteiger partial charge in [0, 0.05) is 52.0 Å². The van der Waals surface area contributed by atoms with Crippen molar-refractivity contribution in [2.75, 3.05) is 99.7 Å². The van der Waals surface area contributed by atoms with Crippen molar-refractivity contribution in [3.63, 3.8) is 0 Å². The maximum Gasteiger partial charge on any atom is 0.246 e. The summed E-state index contributed by atoms with van der Waals surface area (Å²) >= 11 is 2.03. The Hall–Kier alpha value is -4.73. The molecule has 398 valence electrons. The summed E-state index contributed by atoms with van der Waals surface area (Å²) < 4.78 is 22.1. The lowest BCUT2D eigenvalue weighted by Crippen LogP contribution is -2.47. The molecule has 24 heteroatoms. The zero-order valence-corrected chi connectivity index (χ0v) is 43.1. The number of primary amides is 2. The molecule has 70 heavy (non-hydrogen) atoms. The molecule has 1 aromatic rings. The van der Waals surface area contributed by atoms with Crippen molar-refractivity contribution >= 4 is 69.8 Å². The Morgan fingerprint density at radius 3 is 1.49 bits per heavy atom. The number of phenols is 1. The number of unbranched alkanes of at least 4 members (excludes halogenated alkanes) is 3. The molecule has 23 nitrogen and oxygen atoms in total. The molecule has 0 heterocycles. The quantitative estimate of drug-likeness (QED) is 0.0273. The molecule has 1 aromatic carbocycles. The number of halogens is 1. The highest BCUT2D eigenvalue weighted by Crippen LogP contribution is 2.21. The van der Waals surface area contributed by atoms with Crippen molar-refractivity contribution in [3.05, 3.63) is 27.3 Å². The molecule has 0 saturated carbocycles. The number of carbonyl (C=O) groups excluding carboxylic acids is 8. The number of hydrogen-bond acceptors (Lipinski definition) is 15. The number of rotatable bonds is 44. The number of benzene rings is 1. The van der Waals surface area contributed by atoms with Gasteiger partial charge in [-0.2, -0.15) is 0 Å². The molecule has 8 amide bonds. The third-order valence-electron chi connectivity index (χ3n) is 10.5. The van der Waals surface area contributed by atoms with Crippen molar-refractivity contribution in [2.45, 2.75) is 108 Å². The zero-order valence-electron chi connectivity index (χ0n) is 40.9. The molecule has 0 radical (unpaired) electrons. The van der Waals surface area contributed by atoms with Crippen LogP contribution in [0.25, 0.3) is 0 Å². The largest absolute Gasteiger partial charge is 0.507 e. The number of phenolic OH excluding ortho intramolecular Hbond substituents is 1. The van der Waals surface area contributed by atoms with Crippen LogP contribution >= 0.6 is 22.6 Å². The number of amides is 8. The topological polar surface area (TPSA) is 342 Å². The molecular formula is C46H79IN10O13. The second kappa shape index (κ2) is 40.9. The normalized spacial score (nSPS) is 12.3. The van der Waals surface area contributed by atoms with Crippen LogP contribution in [0.5, 0.6) is 5.75 Å². The number of nitrogens with two attached hydrogens (primary N) is 2. The van der Waals surface area contributed by atoms with Crippen LogP contribution in [0.1, 0.15) is 89.0 Å². The lowest BCUT2D eigenvalue weighted by Gasteiger charge is -2.19. The first-order valence-corrected chi connectivity index (χ1v) is 25.1. The van der Waals surface area contributed by atoms with Gasteiger partial charge in [-0.05, 0) is 125 Å². The molecule has 0 aromatic heterocycles. The van der Waals surface area contributed by atoms with E-state index in [9.17, 15) is 43.5 Å². The van der Waals surface area contributed by atoms with Crippen molar-refractivity contribution in [2.24, 2.45) is 11.5 Å². The Bertz CT molecular complexity index is 1710. The Labute approximate surface area is 425 Å². The van der Waals surface area contributed by atoms with Gasteiger partial charge in [0.2, 0.25) is 47.3 Å². The Kier molecular flexibility index (Phi) is 37.0. The summed E-state index contributed by atoms with van der Waals surface area (Å²) in [5, 5.41) is 32.1. The summed E-state index contributed by atoms with van der Waals surface area (Å²) in [4.78, 5) is 97.3. The van der Waals surface area contributed by atoms with Crippen LogP contribution in [0.3, 0.4) is 0 Å². The molecule has 0 saturated heterocycles. The third-order valence-corrected chi connectivity index (χ3v) is 11.4. The van der Waals surface area contributed by atoms with E-state index in [0.29, 0.717) is 81.0 Å². The van der Waals surface area contributed by atoms with Crippen LogP contribution < -0.4 is 54.0 Å². The summed E-state index contributed by atoms with van der Waals surface area (Å²) in [5.41, 5.74) is 11.6. The van der Waals surface area contributed by atoms with Gasteiger partial charge in [-0.1, -0.05) is 6.07 Å². The molecule has 0 bridgehead atoms. The fraction of sp³-hybridized carbons (Fsp3) is 0.696. The van der Waals surface area contributed by atoms with Gasteiger partial charge in [0.15, 0.2) is 0 Å². The highest BCUT2D eigenvalue weighted by atomic mass is 125. The summed E-state index contributed by atoms with van der Waals surface area (Å²) in [6.07, 6.45) is 6.48. The Balaban J connectivity index is 2.20. The second-order valence-corrected chi connectivity index (χ2v) is 17.4. The second-order valence-electron chi connectivity index (χ2n) is 16.3. The first-order chi connectivity index (χ1) is 33.7. The van der Waals surface area contributed by atoms with E-state index < -0.39 is 23.9 Å². The lowest BCUT2D eigenvalue weighted by molar-refractivity contribution is -0.129. The number of nitrogens with one attached hydrogen (secondary N) is 8. The average Bonchev–Trinajstić information content (AvgIpc) is 3.32. The molecule has 0 aliphatic heterocycles. The maximum absolute atomic E-state index is 13.1. The molecule has 0 fully saturated rings. The van der Waals surface area contributed by atoms with Crippen LogP contribution in [0.4, 0.5) is 0 Å². The standard InChI is InChI=1S/C46H79IN10O13/c1-50-35(44(48)64)10-3-6-20-53-42(62)31-69-28-27-68-25-23-55-43(63)32-70-29-26-67-24-22-54-39(59)13-9-14-41(61)57-37(46(66)56-21-8-4-11-36(51-2)45(49)65)12-5-7-19-52-40(60)18-16-33-15-17-38(58)34(47)30-33/h15,17,30,35-37,50-51,58H,3-14,16,18-29,31-32H2,1-2H3,(H2,48,64)(H2,49,65)(H,52,60)(H,53,62)(H,54,59)(H,55,63)(H,56,66)(H,57,61)/t35-,36-,37-/m0/s1/i47-2. The average molecular weight is 1110 g/mol. The molecule has 3 atom stereocenters. The van der Waals surface area contributed by atoms with Crippen molar-refractivity contribution in [1.82, 2.24) is 42.5 Å². The molecule has 0 spiro atoms. The summed E-state index contributed by atoms with van der Waals surface area (Å²) in [6, 6.07) is 3.57. The minimum atomic E-state index is -0.816. The predicted molar refractivity (Wildman–Crippen MR) is 269 cm³/mol. The minimum absolute atomic E-state index is 0.0276. The first kappa shape index (κ1) is 63.3. The zero-order chi connectivity index (χ0) is 51.8. The van der Waals surface area contributed by atoms with E-state index in [1.54, 1.807) is 26.2 Å². The van der Waals surface area contributed by atoms with Crippen LogP contribution in [0.15, 0.2) is 18.2 Å². The van der Waals surface area contributed by atoms with E-state index in [1.807, 2.05) is 28.7 Å². The van der Waals surface area contributed by atoms with E-state index >= 15 is 0 Å². The van der Waals surface area contributed by atoms with E-state index in [1.165, 1.54) is 0 Å². The monoisotopic (exact) mass is 1100 g/mol. The van der Waals surface area contributed by atoms with Gasteiger partial charge in [0.05, 0.1) is 55.3 Å². The summed E-state index contributed by atoms with van der Waals surface area (Å²) in [5.74, 6) is -2.33. The number of carbonyl (C=O) groups is 8. The van der Waals surface area contributed by atoms with Gasteiger partial charge in [-0.25, -0.2) is 0 Å². The summed E-state index contributed by atoms with van der Waals surface area (Å²) in [6.45, 7) is 2.73. The van der Waals surface area contributed by atoms with E-state index in [-0.39, 0.29) is 139 Å². The molecule has 13 N–H and O–H groups in total. The molecule has 0 unspecified atom stereocenters. The number of ether oxygens (including phenoxy) is 4. The van der Waals surface area contributed by atoms with Gasteiger partial charge < -0.3 is 78.1 Å². The van der Waals surface area contributed by atoms with Gasteiger partial charge in [0.25, 0.3) is 0 Å². The number of hydrogen-bond donors (Lipinski definition) is 11. The van der Waals surface area contributed by atoms with Gasteiger partial charge in [-0.15, -0.1) is 0 Å². The van der Waals surface area contributed by atoms with E-state index in [2.05, 4.69) is 42.5 Å². The highest BCUT2D eigenvalue weighted by Gasteiger charge is 2.21. The molecule has 1 rings (SSSR count). The highest BCUT2D eigenvalue weighted by molar-refractivity contribution is 14.1.